The van der Waals surface area contributed by atoms with Gasteiger partial charge in [0.15, 0.2) is 0 Å². The summed E-state index contributed by atoms with van der Waals surface area (Å²) in [5.41, 5.74) is 0.703. The number of halogens is 4. The van der Waals surface area contributed by atoms with Gasteiger partial charge in [0.1, 0.15) is 0 Å². The fourth-order valence-electron chi connectivity index (χ4n) is 1.68. The number of alkyl halides is 3. The molecular formula is C13H11BrF3N. The van der Waals surface area contributed by atoms with Gasteiger partial charge in [0.25, 0.3) is 0 Å². The highest BCUT2D eigenvalue weighted by atomic mass is 79.9. The van der Waals surface area contributed by atoms with Gasteiger partial charge in [0.05, 0.1) is 6.42 Å². The van der Waals surface area contributed by atoms with Crippen LogP contribution >= 0.6 is 15.9 Å². The van der Waals surface area contributed by atoms with Crippen LogP contribution < -0.4 is 5.32 Å². The smallest absolute Gasteiger partial charge is 0.385 e. The van der Waals surface area contributed by atoms with Gasteiger partial charge >= 0.3 is 6.18 Å². The van der Waals surface area contributed by atoms with Crippen LogP contribution in [0.4, 0.5) is 18.9 Å². The SMILES string of the molecule is FC(F)(F)CCNc1ccc2cc(Br)ccc2c1. The van der Waals surface area contributed by atoms with Crippen LogP contribution in [0, 0.1) is 0 Å². The number of anilines is 1. The van der Waals surface area contributed by atoms with E-state index in [-0.39, 0.29) is 6.54 Å². The first-order valence-electron chi connectivity index (χ1n) is 5.44. The Hall–Kier alpha value is -1.23. The molecule has 0 aromatic heterocycles. The fraction of sp³-hybridized carbons (Fsp3) is 0.231. The predicted octanol–water partition coefficient (Wildman–Crippen LogP) is 4.97. The maximum Gasteiger partial charge on any atom is 0.390 e. The standard InChI is InChI=1S/C13H11BrF3N/c14-11-3-1-10-8-12(4-2-9(10)7-11)18-6-5-13(15,16)17/h1-4,7-8,18H,5-6H2. The Labute approximate surface area is 111 Å². The van der Waals surface area contributed by atoms with Crippen LogP contribution in [0.15, 0.2) is 40.9 Å². The molecule has 0 aliphatic rings. The van der Waals surface area contributed by atoms with Crippen molar-refractivity contribution in [2.45, 2.75) is 12.6 Å². The summed E-state index contributed by atoms with van der Waals surface area (Å²) in [7, 11) is 0. The number of nitrogens with one attached hydrogen (secondary N) is 1. The Morgan fingerprint density at radius 3 is 2.39 bits per heavy atom. The lowest BCUT2D eigenvalue weighted by molar-refractivity contribution is -0.131. The second-order valence-electron chi connectivity index (χ2n) is 4.00. The molecule has 18 heavy (non-hydrogen) atoms. The molecule has 0 aliphatic heterocycles. The van der Waals surface area contributed by atoms with E-state index in [0.29, 0.717) is 5.69 Å². The van der Waals surface area contributed by atoms with E-state index in [1.165, 1.54) is 0 Å². The van der Waals surface area contributed by atoms with Gasteiger partial charge < -0.3 is 5.32 Å². The van der Waals surface area contributed by atoms with Crippen LogP contribution in [0.5, 0.6) is 0 Å². The lowest BCUT2D eigenvalue weighted by Crippen LogP contribution is -2.14. The van der Waals surface area contributed by atoms with Crippen LogP contribution in [0.1, 0.15) is 6.42 Å². The maximum atomic E-state index is 12.0. The molecule has 0 saturated carbocycles. The molecule has 1 nitrogen and oxygen atoms in total. The monoisotopic (exact) mass is 317 g/mol. The van der Waals surface area contributed by atoms with E-state index in [2.05, 4.69) is 21.2 Å². The molecule has 2 aromatic rings. The van der Waals surface area contributed by atoms with Crippen molar-refractivity contribution in [2.24, 2.45) is 0 Å². The third kappa shape index (κ3) is 3.63. The predicted molar refractivity (Wildman–Crippen MR) is 70.8 cm³/mol. The van der Waals surface area contributed by atoms with E-state index in [1.54, 1.807) is 6.07 Å². The molecule has 1 N–H and O–H groups in total. The van der Waals surface area contributed by atoms with Gasteiger partial charge in [-0.3, -0.25) is 0 Å². The first kappa shape index (κ1) is 13.2. The van der Waals surface area contributed by atoms with Crippen molar-refractivity contribution in [1.29, 1.82) is 0 Å². The van der Waals surface area contributed by atoms with Crippen LogP contribution in [-0.2, 0) is 0 Å². The minimum absolute atomic E-state index is 0.106. The molecule has 0 saturated heterocycles. The molecule has 0 atom stereocenters. The zero-order valence-corrected chi connectivity index (χ0v) is 11.0. The van der Waals surface area contributed by atoms with E-state index >= 15 is 0 Å². The molecule has 0 spiro atoms. The molecule has 0 heterocycles. The largest absolute Gasteiger partial charge is 0.390 e. The summed E-state index contributed by atoms with van der Waals surface area (Å²) in [5.74, 6) is 0. The van der Waals surface area contributed by atoms with E-state index in [4.69, 9.17) is 0 Å². The molecular weight excluding hydrogens is 307 g/mol. The highest BCUT2D eigenvalue weighted by Gasteiger charge is 2.25. The second-order valence-corrected chi connectivity index (χ2v) is 4.91. The third-order valence-corrected chi connectivity index (χ3v) is 3.03. The number of hydrogen-bond donors (Lipinski definition) is 1. The van der Waals surface area contributed by atoms with Crippen molar-refractivity contribution in [1.82, 2.24) is 0 Å². The molecule has 0 fully saturated rings. The van der Waals surface area contributed by atoms with Gasteiger partial charge in [-0.05, 0) is 35.0 Å². The van der Waals surface area contributed by atoms with Crippen LogP contribution in [0.3, 0.4) is 0 Å². The highest BCUT2D eigenvalue weighted by molar-refractivity contribution is 9.10. The van der Waals surface area contributed by atoms with E-state index in [0.717, 1.165) is 15.2 Å². The van der Waals surface area contributed by atoms with E-state index in [1.807, 2.05) is 30.3 Å². The molecule has 0 amide bonds. The van der Waals surface area contributed by atoms with Crippen molar-refractivity contribution in [3.05, 3.63) is 40.9 Å². The van der Waals surface area contributed by atoms with Crippen LogP contribution in [0.25, 0.3) is 10.8 Å². The number of rotatable bonds is 3. The fourth-order valence-corrected chi connectivity index (χ4v) is 2.05. The summed E-state index contributed by atoms with van der Waals surface area (Å²) < 4.78 is 37.0. The van der Waals surface area contributed by atoms with Gasteiger partial charge in [-0.15, -0.1) is 0 Å². The quantitative estimate of drug-likeness (QED) is 0.843. The Morgan fingerprint density at radius 1 is 1.00 bits per heavy atom. The summed E-state index contributed by atoms with van der Waals surface area (Å²) in [6.45, 7) is -0.106. The number of benzene rings is 2. The average Bonchev–Trinajstić information content (AvgIpc) is 2.27. The lowest BCUT2D eigenvalue weighted by atomic mass is 10.1. The number of hydrogen-bond acceptors (Lipinski definition) is 1. The summed E-state index contributed by atoms with van der Waals surface area (Å²) in [6.07, 6.45) is -4.94. The summed E-state index contributed by atoms with van der Waals surface area (Å²) in [6, 6.07) is 11.3. The van der Waals surface area contributed by atoms with Gasteiger partial charge in [-0.1, -0.05) is 28.1 Å². The van der Waals surface area contributed by atoms with Crippen LogP contribution in [-0.4, -0.2) is 12.7 Å². The average molecular weight is 318 g/mol. The number of fused-ring (bicyclic) bond motifs is 1. The normalized spacial score (nSPS) is 11.8. The van der Waals surface area contributed by atoms with Gasteiger partial charge in [-0.25, -0.2) is 0 Å². The molecule has 0 bridgehead atoms. The Morgan fingerprint density at radius 2 is 1.67 bits per heavy atom. The van der Waals surface area contributed by atoms with Crippen molar-refractivity contribution in [3.63, 3.8) is 0 Å². The zero-order chi connectivity index (χ0) is 13.2. The maximum absolute atomic E-state index is 12.0. The molecule has 96 valence electrons. The van der Waals surface area contributed by atoms with Crippen LogP contribution in [0.2, 0.25) is 0 Å². The Bertz CT molecular complexity index is 551. The van der Waals surface area contributed by atoms with Crippen molar-refractivity contribution in [3.8, 4) is 0 Å². The third-order valence-electron chi connectivity index (χ3n) is 2.54. The Balaban J connectivity index is 2.08. The molecule has 0 radical (unpaired) electrons. The van der Waals surface area contributed by atoms with Gasteiger partial charge in [-0.2, -0.15) is 13.2 Å². The topological polar surface area (TPSA) is 12.0 Å². The molecule has 0 aliphatic carbocycles. The van der Waals surface area contributed by atoms with Gasteiger partial charge in [0.2, 0.25) is 0 Å². The summed E-state index contributed by atoms with van der Waals surface area (Å²) in [4.78, 5) is 0. The summed E-state index contributed by atoms with van der Waals surface area (Å²) >= 11 is 3.37. The zero-order valence-electron chi connectivity index (χ0n) is 9.39. The first-order valence-corrected chi connectivity index (χ1v) is 6.23. The molecule has 2 aromatic carbocycles. The van der Waals surface area contributed by atoms with Crippen molar-refractivity contribution in [2.75, 3.05) is 11.9 Å². The van der Waals surface area contributed by atoms with Crippen molar-refractivity contribution >= 4 is 32.4 Å². The van der Waals surface area contributed by atoms with E-state index < -0.39 is 12.6 Å². The minimum atomic E-state index is -4.12. The molecule has 5 heteroatoms. The van der Waals surface area contributed by atoms with Gasteiger partial charge in [0, 0.05) is 16.7 Å². The second kappa shape index (κ2) is 5.18. The first-order chi connectivity index (χ1) is 8.44. The summed E-state index contributed by atoms with van der Waals surface area (Å²) in [5, 5.41) is 4.82. The lowest BCUT2D eigenvalue weighted by Gasteiger charge is -2.09. The Kier molecular flexibility index (Phi) is 3.80. The minimum Gasteiger partial charge on any atom is -0.385 e. The molecule has 0 unspecified atom stereocenters. The van der Waals surface area contributed by atoms with E-state index in [9.17, 15) is 13.2 Å². The highest BCUT2D eigenvalue weighted by Crippen LogP contribution is 2.24. The molecule has 2 rings (SSSR count). The van der Waals surface area contributed by atoms with Crippen molar-refractivity contribution < 1.29 is 13.2 Å².